The SMILES string of the molecule is COc1ccc(COCCC[C@]23CN(S(=O)(=O)c4ccccc4)CC[C@H]2CC2(C[C@@H]3N(C(C)=O)C(=O)OC(C)(C)C)OCCO2)cc1. The molecule has 3 fully saturated rings. The molecule has 0 bridgehead atoms. The number of piperidine rings is 1. The number of benzene rings is 2. The van der Waals surface area contributed by atoms with E-state index in [0.29, 0.717) is 58.7 Å². The second-order valence-corrected chi connectivity index (χ2v) is 15.7. The Labute approximate surface area is 278 Å². The molecule has 1 saturated carbocycles. The van der Waals surface area contributed by atoms with Gasteiger partial charge in [-0.15, -0.1) is 0 Å². The highest BCUT2D eigenvalue weighted by Crippen LogP contribution is 2.56. The van der Waals surface area contributed by atoms with Gasteiger partial charge < -0.3 is 23.7 Å². The molecule has 2 amide bonds. The first kappa shape index (κ1) is 35.3. The van der Waals surface area contributed by atoms with E-state index in [2.05, 4.69) is 0 Å². The third-order valence-electron chi connectivity index (χ3n) is 9.53. The van der Waals surface area contributed by atoms with E-state index in [4.69, 9.17) is 23.7 Å². The van der Waals surface area contributed by atoms with Crippen molar-refractivity contribution in [3.8, 4) is 5.75 Å². The molecule has 258 valence electrons. The highest BCUT2D eigenvalue weighted by Gasteiger charge is 2.62. The third kappa shape index (κ3) is 7.83. The Bertz CT molecular complexity index is 1490. The van der Waals surface area contributed by atoms with Crippen molar-refractivity contribution in [2.24, 2.45) is 11.3 Å². The number of ether oxygens (including phenoxy) is 5. The lowest BCUT2D eigenvalue weighted by atomic mass is 9.56. The first-order valence-corrected chi connectivity index (χ1v) is 17.8. The van der Waals surface area contributed by atoms with Crippen molar-refractivity contribution >= 4 is 22.0 Å². The molecule has 2 saturated heterocycles. The number of fused-ring (bicyclic) bond motifs is 1. The van der Waals surface area contributed by atoms with E-state index in [1.165, 1.54) is 16.1 Å². The Kier molecular flexibility index (Phi) is 10.7. The first-order chi connectivity index (χ1) is 22.3. The molecule has 5 rings (SSSR count). The normalized spacial score (nSPS) is 24.4. The largest absolute Gasteiger partial charge is 0.497 e. The van der Waals surface area contributed by atoms with Gasteiger partial charge in [0.05, 0.1) is 37.9 Å². The van der Waals surface area contributed by atoms with Gasteiger partial charge in [0.15, 0.2) is 5.79 Å². The van der Waals surface area contributed by atoms with E-state index in [1.807, 2.05) is 24.3 Å². The predicted octanol–water partition coefficient (Wildman–Crippen LogP) is 5.38. The standard InChI is InChI=1S/C35H48N2O9S/c1-26(38)37(32(39)46-33(2,3)4)31-23-35(44-20-21-45-35)22-28-16-18-36(47(40,41)30-10-7-6-8-11-30)25-34(28,31)17-9-19-43-24-27-12-14-29(42-5)15-13-27/h6-8,10-15,28,31H,9,16-25H2,1-5H3/t28-,31-,34-/m0/s1. The molecular formula is C35H48N2O9S. The van der Waals surface area contributed by atoms with Crippen LogP contribution in [0.25, 0.3) is 0 Å². The number of hydrogen-bond donors (Lipinski definition) is 0. The van der Waals surface area contributed by atoms with E-state index < -0.39 is 44.9 Å². The molecule has 47 heavy (non-hydrogen) atoms. The summed E-state index contributed by atoms with van der Waals surface area (Å²) in [6, 6.07) is 15.3. The Morgan fingerprint density at radius 1 is 1.02 bits per heavy atom. The van der Waals surface area contributed by atoms with Crippen molar-refractivity contribution in [1.82, 2.24) is 9.21 Å². The van der Waals surface area contributed by atoms with Crippen LogP contribution >= 0.6 is 0 Å². The van der Waals surface area contributed by atoms with Gasteiger partial charge in [0.2, 0.25) is 15.9 Å². The van der Waals surface area contributed by atoms with Crippen molar-refractivity contribution in [2.45, 2.75) is 88.7 Å². The first-order valence-electron chi connectivity index (χ1n) is 16.4. The zero-order chi connectivity index (χ0) is 33.9. The summed E-state index contributed by atoms with van der Waals surface area (Å²) >= 11 is 0. The summed E-state index contributed by atoms with van der Waals surface area (Å²) in [4.78, 5) is 28.7. The van der Waals surface area contributed by atoms with Gasteiger partial charge in [0, 0.05) is 44.9 Å². The van der Waals surface area contributed by atoms with Gasteiger partial charge in [-0.2, -0.15) is 4.31 Å². The molecule has 3 atom stereocenters. The number of nitrogens with zero attached hydrogens (tertiary/aromatic N) is 2. The molecule has 1 spiro atoms. The van der Waals surface area contributed by atoms with E-state index in [-0.39, 0.29) is 23.8 Å². The van der Waals surface area contributed by atoms with Gasteiger partial charge in [-0.25, -0.2) is 18.1 Å². The minimum Gasteiger partial charge on any atom is -0.497 e. The highest BCUT2D eigenvalue weighted by molar-refractivity contribution is 7.89. The van der Waals surface area contributed by atoms with E-state index in [0.717, 1.165) is 11.3 Å². The molecule has 0 aromatic heterocycles. The monoisotopic (exact) mass is 672 g/mol. The van der Waals surface area contributed by atoms with Crippen LogP contribution in [0, 0.1) is 11.3 Å². The molecular weight excluding hydrogens is 624 g/mol. The lowest BCUT2D eigenvalue weighted by molar-refractivity contribution is -0.234. The molecule has 0 unspecified atom stereocenters. The summed E-state index contributed by atoms with van der Waals surface area (Å²) < 4.78 is 59.1. The lowest BCUT2D eigenvalue weighted by Gasteiger charge is -2.59. The molecule has 2 aromatic carbocycles. The molecule has 11 nitrogen and oxygen atoms in total. The number of hydrogen-bond acceptors (Lipinski definition) is 9. The number of sulfonamides is 1. The van der Waals surface area contributed by atoms with Crippen LogP contribution in [0.3, 0.4) is 0 Å². The summed E-state index contributed by atoms with van der Waals surface area (Å²) in [6.45, 7) is 8.66. The fraction of sp³-hybridized carbons (Fsp3) is 0.600. The lowest BCUT2D eigenvalue weighted by Crippen LogP contribution is -2.68. The van der Waals surface area contributed by atoms with Crippen LogP contribution in [0.15, 0.2) is 59.5 Å². The Hall–Kier alpha value is -3.03. The summed E-state index contributed by atoms with van der Waals surface area (Å²) in [7, 11) is -2.24. The maximum Gasteiger partial charge on any atom is 0.417 e. The smallest absolute Gasteiger partial charge is 0.417 e. The average Bonchev–Trinajstić information content (AvgIpc) is 3.48. The molecule has 2 aliphatic heterocycles. The van der Waals surface area contributed by atoms with Crippen LogP contribution in [-0.4, -0.2) is 87.1 Å². The van der Waals surface area contributed by atoms with Gasteiger partial charge in [-0.3, -0.25) is 4.79 Å². The highest BCUT2D eigenvalue weighted by atomic mass is 32.2. The van der Waals surface area contributed by atoms with Gasteiger partial charge in [-0.1, -0.05) is 30.3 Å². The number of imide groups is 1. The van der Waals surface area contributed by atoms with Crippen LogP contribution in [0.1, 0.15) is 65.4 Å². The second-order valence-electron chi connectivity index (χ2n) is 13.8. The number of amides is 2. The van der Waals surface area contributed by atoms with Gasteiger partial charge >= 0.3 is 6.09 Å². The van der Waals surface area contributed by atoms with Crippen LogP contribution < -0.4 is 4.74 Å². The topological polar surface area (TPSA) is 121 Å². The zero-order valence-electron chi connectivity index (χ0n) is 28.1. The molecule has 3 aliphatic rings. The van der Waals surface area contributed by atoms with E-state index in [1.54, 1.807) is 58.2 Å². The van der Waals surface area contributed by atoms with Crippen molar-refractivity contribution in [1.29, 1.82) is 0 Å². The summed E-state index contributed by atoms with van der Waals surface area (Å²) in [5, 5.41) is 0. The zero-order valence-corrected chi connectivity index (χ0v) is 28.9. The number of carbonyl (C=O) groups is 2. The number of carbonyl (C=O) groups excluding carboxylic acids is 2. The van der Waals surface area contributed by atoms with Crippen molar-refractivity contribution < 1.29 is 41.7 Å². The quantitative estimate of drug-likeness (QED) is 0.307. The fourth-order valence-corrected chi connectivity index (χ4v) is 9.00. The van der Waals surface area contributed by atoms with E-state index >= 15 is 0 Å². The van der Waals surface area contributed by atoms with Crippen molar-refractivity contribution in [2.75, 3.05) is 40.0 Å². The maximum absolute atomic E-state index is 14.0. The summed E-state index contributed by atoms with van der Waals surface area (Å²) in [6.07, 6.45) is 1.60. The Morgan fingerprint density at radius 2 is 1.70 bits per heavy atom. The molecule has 2 aromatic rings. The van der Waals surface area contributed by atoms with Crippen molar-refractivity contribution in [3.63, 3.8) is 0 Å². The molecule has 1 aliphatic carbocycles. The fourth-order valence-electron chi connectivity index (χ4n) is 7.44. The Balaban J connectivity index is 1.49. The summed E-state index contributed by atoms with van der Waals surface area (Å²) in [5.41, 5.74) is -0.665. The van der Waals surface area contributed by atoms with Gasteiger partial charge in [-0.05, 0) is 75.8 Å². The van der Waals surface area contributed by atoms with Crippen LogP contribution in [0.5, 0.6) is 5.75 Å². The van der Waals surface area contributed by atoms with Crippen LogP contribution in [0.4, 0.5) is 4.79 Å². The minimum atomic E-state index is -3.86. The van der Waals surface area contributed by atoms with Crippen LogP contribution in [-0.2, 0) is 40.4 Å². The van der Waals surface area contributed by atoms with Gasteiger partial charge in [0.1, 0.15) is 11.4 Å². The predicted molar refractivity (Wildman–Crippen MR) is 174 cm³/mol. The number of methoxy groups -OCH3 is 1. The Morgan fingerprint density at radius 3 is 2.32 bits per heavy atom. The average molecular weight is 673 g/mol. The van der Waals surface area contributed by atoms with Gasteiger partial charge in [0.25, 0.3) is 0 Å². The molecule has 2 heterocycles. The van der Waals surface area contributed by atoms with E-state index in [9.17, 15) is 18.0 Å². The minimum absolute atomic E-state index is 0.104. The molecule has 12 heteroatoms. The van der Waals surface area contributed by atoms with Crippen LogP contribution in [0.2, 0.25) is 0 Å². The molecule has 0 radical (unpaired) electrons. The second kappa shape index (κ2) is 14.2. The third-order valence-corrected chi connectivity index (χ3v) is 11.4. The van der Waals surface area contributed by atoms with Crippen molar-refractivity contribution in [3.05, 3.63) is 60.2 Å². The number of rotatable bonds is 10. The molecule has 0 N–H and O–H groups in total. The summed E-state index contributed by atoms with van der Waals surface area (Å²) in [5.74, 6) is -0.786. The maximum atomic E-state index is 14.0.